The molecule has 0 atom stereocenters. The number of nitrogens with two attached hydrogens (primary N) is 1. The summed E-state index contributed by atoms with van der Waals surface area (Å²) < 4.78 is 0. The van der Waals surface area contributed by atoms with Crippen LogP contribution in [0.2, 0.25) is 0 Å². The molecular formula is C16H18N2O. The van der Waals surface area contributed by atoms with E-state index >= 15 is 0 Å². The number of ketones is 1. The van der Waals surface area contributed by atoms with Gasteiger partial charge in [0.1, 0.15) is 0 Å². The SMILES string of the molecule is NCCNCc1ccc(C(=O)c2ccccc2)cc1. The number of nitrogens with one attached hydrogen (secondary N) is 1. The van der Waals surface area contributed by atoms with Gasteiger partial charge in [0.15, 0.2) is 5.78 Å². The van der Waals surface area contributed by atoms with Gasteiger partial charge in [-0.25, -0.2) is 0 Å². The van der Waals surface area contributed by atoms with E-state index in [0.717, 1.165) is 24.2 Å². The monoisotopic (exact) mass is 254 g/mol. The maximum atomic E-state index is 12.2. The molecule has 19 heavy (non-hydrogen) atoms. The van der Waals surface area contributed by atoms with Crippen molar-refractivity contribution in [1.29, 1.82) is 0 Å². The Balaban J connectivity index is 2.04. The highest BCUT2D eigenvalue weighted by molar-refractivity contribution is 6.08. The molecule has 0 fully saturated rings. The van der Waals surface area contributed by atoms with Gasteiger partial charge in [-0.15, -0.1) is 0 Å². The lowest BCUT2D eigenvalue weighted by Crippen LogP contribution is -2.21. The van der Waals surface area contributed by atoms with E-state index < -0.39 is 0 Å². The van der Waals surface area contributed by atoms with Crippen LogP contribution in [0.15, 0.2) is 54.6 Å². The molecule has 0 amide bonds. The van der Waals surface area contributed by atoms with Gasteiger partial charge in [-0.3, -0.25) is 4.79 Å². The van der Waals surface area contributed by atoms with Gasteiger partial charge in [-0.2, -0.15) is 0 Å². The zero-order valence-corrected chi connectivity index (χ0v) is 10.8. The molecule has 3 heteroatoms. The summed E-state index contributed by atoms with van der Waals surface area (Å²) in [6.45, 7) is 2.20. The molecule has 2 aromatic carbocycles. The second-order valence-electron chi connectivity index (χ2n) is 4.36. The maximum absolute atomic E-state index is 12.2. The first kappa shape index (κ1) is 13.5. The van der Waals surface area contributed by atoms with Crippen molar-refractivity contribution in [3.8, 4) is 0 Å². The second kappa shape index (κ2) is 6.83. The normalized spacial score (nSPS) is 10.4. The summed E-state index contributed by atoms with van der Waals surface area (Å²) in [5, 5.41) is 3.22. The van der Waals surface area contributed by atoms with Crippen LogP contribution in [-0.2, 0) is 6.54 Å². The summed E-state index contributed by atoms with van der Waals surface area (Å²) >= 11 is 0. The van der Waals surface area contributed by atoms with E-state index in [2.05, 4.69) is 5.32 Å². The smallest absolute Gasteiger partial charge is 0.193 e. The van der Waals surface area contributed by atoms with Crippen molar-refractivity contribution in [1.82, 2.24) is 5.32 Å². The van der Waals surface area contributed by atoms with Crippen molar-refractivity contribution < 1.29 is 4.79 Å². The molecule has 3 N–H and O–H groups in total. The van der Waals surface area contributed by atoms with Gasteiger partial charge in [0, 0.05) is 30.8 Å². The third-order valence-electron chi connectivity index (χ3n) is 2.90. The average molecular weight is 254 g/mol. The third-order valence-corrected chi connectivity index (χ3v) is 2.90. The minimum Gasteiger partial charge on any atom is -0.329 e. The van der Waals surface area contributed by atoms with Crippen molar-refractivity contribution in [2.45, 2.75) is 6.54 Å². The third kappa shape index (κ3) is 3.74. The minimum absolute atomic E-state index is 0.0575. The Hall–Kier alpha value is -1.97. The predicted octanol–water partition coefficient (Wildman–Crippen LogP) is 1.97. The molecule has 0 bridgehead atoms. The molecule has 0 unspecified atom stereocenters. The topological polar surface area (TPSA) is 55.1 Å². The number of carbonyl (C=O) groups excluding carboxylic acids is 1. The Morgan fingerprint density at radius 3 is 2.21 bits per heavy atom. The maximum Gasteiger partial charge on any atom is 0.193 e. The Morgan fingerprint density at radius 1 is 0.947 bits per heavy atom. The van der Waals surface area contributed by atoms with E-state index in [-0.39, 0.29) is 5.78 Å². The van der Waals surface area contributed by atoms with Crippen LogP contribution in [0.3, 0.4) is 0 Å². The molecule has 0 saturated heterocycles. The van der Waals surface area contributed by atoms with Crippen molar-refractivity contribution in [3.05, 3.63) is 71.3 Å². The molecule has 0 aliphatic carbocycles. The summed E-state index contributed by atoms with van der Waals surface area (Å²) in [4.78, 5) is 12.2. The van der Waals surface area contributed by atoms with Gasteiger partial charge in [-0.1, -0.05) is 54.6 Å². The molecule has 0 aromatic heterocycles. The fraction of sp³-hybridized carbons (Fsp3) is 0.188. The molecule has 2 aromatic rings. The molecule has 98 valence electrons. The van der Waals surface area contributed by atoms with Gasteiger partial charge in [-0.05, 0) is 5.56 Å². The van der Waals surface area contributed by atoms with Crippen LogP contribution in [0.25, 0.3) is 0 Å². The minimum atomic E-state index is 0.0575. The van der Waals surface area contributed by atoms with Crippen molar-refractivity contribution in [2.75, 3.05) is 13.1 Å². The van der Waals surface area contributed by atoms with Crippen molar-refractivity contribution >= 4 is 5.78 Å². The number of benzene rings is 2. The van der Waals surface area contributed by atoms with Crippen LogP contribution in [0.4, 0.5) is 0 Å². The van der Waals surface area contributed by atoms with Gasteiger partial charge in [0.2, 0.25) is 0 Å². The van der Waals surface area contributed by atoms with Gasteiger partial charge < -0.3 is 11.1 Å². The van der Waals surface area contributed by atoms with Gasteiger partial charge in [0.05, 0.1) is 0 Å². The zero-order chi connectivity index (χ0) is 13.5. The van der Waals surface area contributed by atoms with Crippen LogP contribution in [0, 0.1) is 0 Å². The number of hydrogen-bond donors (Lipinski definition) is 2. The first-order valence-corrected chi connectivity index (χ1v) is 6.41. The van der Waals surface area contributed by atoms with Crippen LogP contribution in [0.5, 0.6) is 0 Å². The molecule has 0 spiro atoms. The van der Waals surface area contributed by atoms with Gasteiger partial charge in [0.25, 0.3) is 0 Å². The molecule has 2 rings (SSSR count). The highest BCUT2D eigenvalue weighted by Crippen LogP contribution is 2.11. The van der Waals surface area contributed by atoms with Crippen LogP contribution < -0.4 is 11.1 Å². The summed E-state index contributed by atoms with van der Waals surface area (Å²) in [5.74, 6) is 0.0575. The fourth-order valence-electron chi connectivity index (χ4n) is 1.86. The molecule has 0 aliphatic heterocycles. The number of rotatable bonds is 6. The van der Waals surface area contributed by atoms with E-state index in [1.807, 2.05) is 54.6 Å². The largest absolute Gasteiger partial charge is 0.329 e. The van der Waals surface area contributed by atoms with Crippen molar-refractivity contribution in [2.24, 2.45) is 5.73 Å². The highest BCUT2D eigenvalue weighted by Gasteiger charge is 2.07. The average Bonchev–Trinajstić information content (AvgIpc) is 2.48. The first-order valence-electron chi connectivity index (χ1n) is 6.41. The fourth-order valence-corrected chi connectivity index (χ4v) is 1.86. The lowest BCUT2D eigenvalue weighted by molar-refractivity contribution is 0.103. The quantitative estimate of drug-likeness (QED) is 0.612. The van der Waals surface area contributed by atoms with Crippen LogP contribution in [0.1, 0.15) is 21.5 Å². The number of hydrogen-bond acceptors (Lipinski definition) is 3. The van der Waals surface area contributed by atoms with E-state index in [4.69, 9.17) is 5.73 Å². The summed E-state index contributed by atoms with van der Waals surface area (Å²) in [5.41, 5.74) is 8.00. The van der Waals surface area contributed by atoms with E-state index in [0.29, 0.717) is 12.1 Å². The van der Waals surface area contributed by atoms with Crippen LogP contribution >= 0.6 is 0 Å². The van der Waals surface area contributed by atoms with Crippen LogP contribution in [-0.4, -0.2) is 18.9 Å². The molecule has 3 nitrogen and oxygen atoms in total. The first-order chi connectivity index (χ1) is 9.31. The predicted molar refractivity (Wildman–Crippen MR) is 77.1 cm³/mol. The second-order valence-corrected chi connectivity index (χ2v) is 4.36. The Bertz CT molecular complexity index is 520. The molecule has 0 aliphatic rings. The Labute approximate surface area is 113 Å². The highest BCUT2D eigenvalue weighted by atomic mass is 16.1. The number of carbonyl (C=O) groups is 1. The Morgan fingerprint density at radius 2 is 1.58 bits per heavy atom. The summed E-state index contributed by atoms with van der Waals surface area (Å²) in [7, 11) is 0. The van der Waals surface area contributed by atoms with E-state index in [9.17, 15) is 4.79 Å². The molecular weight excluding hydrogens is 236 g/mol. The lowest BCUT2D eigenvalue weighted by atomic mass is 10.0. The zero-order valence-electron chi connectivity index (χ0n) is 10.8. The van der Waals surface area contributed by atoms with E-state index in [1.165, 1.54) is 0 Å². The Kier molecular flexibility index (Phi) is 4.84. The lowest BCUT2D eigenvalue weighted by Gasteiger charge is -2.05. The summed E-state index contributed by atoms with van der Waals surface area (Å²) in [6, 6.07) is 17.0. The summed E-state index contributed by atoms with van der Waals surface area (Å²) in [6.07, 6.45) is 0. The molecule has 0 heterocycles. The standard InChI is InChI=1S/C16H18N2O/c17-10-11-18-12-13-6-8-15(9-7-13)16(19)14-4-2-1-3-5-14/h1-9,18H,10-12,17H2. The van der Waals surface area contributed by atoms with E-state index in [1.54, 1.807) is 0 Å². The van der Waals surface area contributed by atoms with Gasteiger partial charge >= 0.3 is 0 Å². The molecule has 0 saturated carbocycles. The van der Waals surface area contributed by atoms with Crippen molar-refractivity contribution in [3.63, 3.8) is 0 Å². The molecule has 0 radical (unpaired) electrons.